The Morgan fingerprint density at radius 2 is 0.750 bits per heavy atom. The van der Waals surface area contributed by atoms with Gasteiger partial charge in [-0.05, 0) is 38.5 Å². The predicted molar refractivity (Wildman–Crippen MR) is 235 cm³/mol. The highest BCUT2D eigenvalue weighted by atomic mass is 31.2. The van der Waals surface area contributed by atoms with E-state index in [2.05, 4.69) is 30.5 Å². The molecule has 0 saturated carbocycles. The van der Waals surface area contributed by atoms with Crippen LogP contribution in [0.25, 0.3) is 0 Å². The molecule has 0 bridgehead atoms. The average Bonchev–Trinajstić information content (AvgIpc) is 3.17. The molecule has 0 unspecified atom stereocenters. The summed E-state index contributed by atoms with van der Waals surface area (Å²) < 4.78 is 26.5. The van der Waals surface area contributed by atoms with Crippen molar-refractivity contribution in [1.29, 1.82) is 0 Å². The first-order valence-electron chi connectivity index (χ1n) is 24.0. The Kier molecular flexibility index (Phi) is 42.4. The van der Waals surface area contributed by atoms with Crippen molar-refractivity contribution in [1.82, 2.24) is 0 Å². The lowest BCUT2D eigenvalue weighted by Crippen LogP contribution is -2.29. The summed E-state index contributed by atoms with van der Waals surface area (Å²) in [5, 5.41) is 0. The largest absolute Gasteiger partial charge is 0.469 e. The number of carbonyl (C=O) groups excluding carboxylic acids is 2. The maximum Gasteiger partial charge on any atom is 0.469 e. The van der Waals surface area contributed by atoms with Crippen LogP contribution >= 0.6 is 7.82 Å². The smallest absolute Gasteiger partial charge is 0.462 e. The molecule has 0 saturated heterocycles. The molecular weight excluding hydrogens is 723 g/mol. The Morgan fingerprint density at radius 3 is 1.09 bits per heavy atom. The van der Waals surface area contributed by atoms with E-state index in [1.54, 1.807) is 0 Å². The lowest BCUT2D eigenvalue weighted by atomic mass is 10.0. The molecule has 0 aliphatic rings. The van der Waals surface area contributed by atoms with Crippen molar-refractivity contribution < 1.29 is 37.9 Å². The minimum atomic E-state index is -4.75. The van der Waals surface area contributed by atoms with Gasteiger partial charge in [-0.3, -0.25) is 14.1 Å². The molecule has 2 N–H and O–H groups in total. The van der Waals surface area contributed by atoms with Gasteiger partial charge < -0.3 is 19.3 Å². The van der Waals surface area contributed by atoms with Crippen molar-refractivity contribution in [3.8, 4) is 0 Å². The van der Waals surface area contributed by atoms with Crippen LogP contribution in [-0.2, 0) is 28.2 Å². The van der Waals surface area contributed by atoms with Crippen LogP contribution in [0.15, 0.2) is 12.2 Å². The van der Waals surface area contributed by atoms with Crippen LogP contribution in [0.1, 0.15) is 258 Å². The number of carbonyl (C=O) groups is 2. The van der Waals surface area contributed by atoms with Gasteiger partial charge >= 0.3 is 19.8 Å². The molecule has 56 heavy (non-hydrogen) atoms. The summed E-state index contributed by atoms with van der Waals surface area (Å²) in [6, 6.07) is 0. The normalized spacial score (nSPS) is 12.4. The third-order valence-electron chi connectivity index (χ3n) is 10.8. The van der Waals surface area contributed by atoms with Crippen LogP contribution in [0, 0.1) is 0 Å². The van der Waals surface area contributed by atoms with Gasteiger partial charge in [0.05, 0.1) is 6.61 Å². The van der Waals surface area contributed by atoms with E-state index in [9.17, 15) is 14.2 Å². The van der Waals surface area contributed by atoms with Gasteiger partial charge in [0.25, 0.3) is 0 Å². The molecule has 0 aromatic rings. The fraction of sp³-hybridized carbons (Fsp3) is 0.915. The fourth-order valence-electron chi connectivity index (χ4n) is 7.19. The number of hydrogen-bond acceptors (Lipinski definition) is 6. The Bertz CT molecular complexity index is 920. The van der Waals surface area contributed by atoms with Crippen LogP contribution in [-0.4, -0.2) is 41.0 Å². The van der Waals surface area contributed by atoms with E-state index < -0.39 is 32.5 Å². The van der Waals surface area contributed by atoms with Crippen LogP contribution < -0.4 is 0 Å². The zero-order valence-electron chi connectivity index (χ0n) is 36.8. The second kappa shape index (κ2) is 43.4. The van der Waals surface area contributed by atoms with E-state index in [1.165, 1.54) is 173 Å². The number of esters is 2. The fourth-order valence-corrected chi connectivity index (χ4v) is 7.55. The quantitative estimate of drug-likeness (QED) is 0.0270. The molecule has 0 radical (unpaired) electrons. The first kappa shape index (κ1) is 54.8. The lowest BCUT2D eigenvalue weighted by Gasteiger charge is -2.18. The van der Waals surface area contributed by atoms with Gasteiger partial charge in [-0.1, -0.05) is 219 Å². The van der Waals surface area contributed by atoms with Gasteiger partial charge in [-0.15, -0.1) is 0 Å². The Morgan fingerprint density at radius 1 is 0.446 bits per heavy atom. The molecule has 0 aromatic carbocycles. The average molecular weight is 815 g/mol. The van der Waals surface area contributed by atoms with Crippen molar-refractivity contribution in [3.05, 3.63) is 12.2 Å². The molecule has 0 spiro atoms. The molecule has 0 aromatic heterocycles. The molecule has 0 aliphatic carbocycles. The molecule has 0 aliphatic heterocycles. The molecule has 0 heterocycles. The highest BCUT2D eigenvalue weighted by molar-refractivity contribution is 7.46. The van der Waals surface area contributed by atoms with Gasteiger partial charge in [0.1, 0.15) is 6.61 Å². The minimum absolute atomic E-state index is 0.217. The van der Waals surface area contributed by atoms with Crippen LogP contribution in [0.4, 0.5) is 0 Å². The lowest BCUT2D eigenvalue weighted by molar-refractivity contribution is -0.161. The van der Waals surface area contributed by atoms with Gasteiger partial charge in [-0.25, -0.2) is 4.57 Å². The maximum atomic E-state index is 12.5. The van der Waals surface area contributed by atoms with Crippen molar-refractivity contribution in [2.24, 2.45) is 0 Å². The van der Waals surface area contributed by atoms with Crippen molar-refractivity contribution in [2.75, 3.05) is 13.2 Å². The second-order valence-electron chi connectivity index (χ2n) is 16.4. The van der Waals surface area contributed by atoms with Crippen molar-refractivity contribution in [3.63, 3.8) is 0 Å². The number of allylic oxidation sites excluding steroid dienone is 2. The predicted octanol–water partition coefficient (Wildman–Crippen LogP) is 15.0. The summed E-state index contributed by atoms with van der Waals surface area (Å²) in [6.07, 6.45) is 49.5. The van der Waals surface area contributed by atoms with E-state index in [-0.39, 0.29) is 19.4 Å². The summed E-state index contributed by atoms with van der Waals surface area (Å²) in [7, 11) is -4.75. The number of hydrogen-bond donors (Lipinski definition) is 2. The summed E-state index contributed by atoms with van der Waals surface area (Å²) in [5.74, 6) is -0.879. The van der Waals surface area contributed by atoms with Gasteiger partial charge in [0, 0.05) is 12.8 Å². The molecule has 0 fully saturated rings. The van der Waals surface area contributed by atoms with E-state index >= 15 is 0 Å². The summed E-state index contributed by atoms with van der Waals surface area (Å²) >= 11 is 0. The highest BCUT2D eigenvalue weighted by Gasteiger charge is 2.23. The van der Waals surface area contributed by atoms with Gasteiger partial charge in [0.2, 0.25) is 0 Å². The number of ether oxygens (including phenoxy) is 2. The number of unbranched alkanes of at least 4 members (excludes halogenated alkanes) is 33. The third-order valence-corrected chi connectivity index (χ3v) is 11.3. The number of phosphoric ester groups is 1. The molecule has 1 atom stereocenters. The number of rotatable bonds is 45. The third kappa shape index (κ3) is 45.5. The zero-order valence-corrected chi connectivity index (χ0v) is 37.7. The Labute approximate surface area is 346 Å². The van der Waals surface area contributed by atoms with Crippen LogP contribution in [0.2, 0.25) is 0 Å². The summed E-state index contributed by atoms with van der Waals surface area (Å²) in [4.78, 5) is 43.0. The van der Waals surface area contributed by atoms with Crippen LogP contribution in [0.5, 0.6) is 0 Å². The molecule has 9 heteroatoms. The van der Waals surface area contributed by atoms with E-state index in [0.717, 1.165) is 51.4 Å². The van der Waals surface area contributed by atoms with Gasteiger partial charge in [-0.2, -0.15) is 0 Å². The topological polar surface area (TPSA) is 119 Å². The monoisotopic (exact) mass is 815 g/mol. The van der Waals surface area contributed by atoms with Crippen molar-refractivity contribution >= 4 is 19.8 Å². The summed E-state index contributed by atoms with van der Waals surface area (Å²) in [5.41, 5.74) is 0. The molecule has 8 nitrogen and oxygen atoms in total. The first-order chi connectivity index (χ1) is 27.3. The number of phosphoric acid groups is 1. The maximum absolute atomic E-state index is 12.5. The standard InChI is InChI=1S/C47H91O8P/c1-3-5-7-9-11-13-15-17-19-20-21-22-23-24-25-26-28-30-32-34-36-38-40-42-47(49)55-45(44-54-56(50,51)52)43-53-46(48)41-39-37-35-33-31-29-27-18-16-14-12-10-8-6-4-2/h18,27,45H,3-17,19-26,28-44H2,1-2H3,(H2,50,51,52)/b27-18+/t45-/m1/s1. The first-order valence-corrected chi connectivity index (χ1v) is 25.5. The molecule has 332 valence electrons. The molecular formula is C47H91O8P. The minimum Gasteiger partial charge on any atom is -0.462 e. The Hall–Kier alpha value is -1.21. The van der Waals surface area contributed by atoms with Crippen molar-refractivity contribution in [2.45, 2.75) is 264 Å². The van der Waals surface area contributed by atoms with E-state index in [0.29, 0.717) is 6.42 Å². The zero-order chi connectivity index (χ0) is 41.1. The van der Waals surface area contributed by atoms with Crippen LogP contribution in [0.3, 0.4) is 0 Å². The van der Waals surface area contributed by atoms with E-state index in [4.69, 9.17) is 19.3 Å². The SMILES string of the molecule is CCCCCCCC/C=C/CCCCCCCC(=O)OC[C@H](COP(=O)(O)O)OC(=O)CCCCCCCCCCCCCCCCCCCCCCCCC. The summed E-state index contributed by atoms with van der Waals surface area (Å²) in [6.45, 7) is 3.72. The highest BCUT2D eigenvalue weighted by Crippen LogP contribution is 2.36. The molecule has 0 amide bonds. The van der Waals surface area contributed by atoms with E-state index in [1.807, 2.05) is 0 Å². The second-order valence-corrected chi connectivity index (χ2v) is 17.7. The van der Waals surface area contributed by atoms with Gasteiger partial charge in [0.15, 0.2) is 6.10 Å². The Balaban J connectivity index is 3.79. The molecule has 0 rings (SSSR count).